The molecule has 7 heteroatoms. The Bertz CT molecular complexity index is 436. The number of thiophene rings is 1. The summed E-state index contributed by atoms with van der Waals surface area (Å²) in [6.07, 6.45) is 1.80. The number of carbonyl (C=O) groups is 2. The predicted molar refractivity (Wildman–Crippen MR) is 75.9 cm³/mol. The molecule has 2 amide bonds. The number of hydrogen-bond donors (Lipinski definition) is 3. The topological polar surface area (TPSA) is 78.4 Å². The van der Waals surface area contributed by atoms with E-state index in [0.717, 1.165) is 4.88 Å². The first-order chi connectivity index (χ1) is 9.02. The molecule has 106 valence electrons. The lowest BCUT2D eigenvalue weighted by atomic mass is 10.2. The first-order valence-electron chi connectivity index (χ1n) is 6.04. The van der Waals surface area contributed by atoms with Crippen molar-refractivity contribution in [3.05, 3.63) is 21.3 Å². The monoisotopic (exact) mass is 304 g/mol. The highest BCUT2D eigenvalue weighted by atomic mass is 35.5. The van der Waals surface area contributed by atoms with Gasteiger partial charge in [0.2, 0.25) is 0 Å². The maximum absolute atomic E-state index is 11.5. The standard InChI is InChI=1S/C12H17ClN2O3S/c1-2-3-9(11(16)17)15-12(18)14-7-6-8-4-5-10(13)19-8/h4-5,9H,2-3,6-7H2,1H3,(H,16,17)(H2,14,15,18)/t9-/m0/s1. The number of urea groups is 1. The summed E-state index contributed by atoms with van der Waals surface area (Å²) >= 11 is 7.26. The molecule has 3 N–H and O–H groups in total. The molecule has 0 radical (unpaired) electrons. The van der Waals surface area contributed by atoms with Gasteiger partial charge in [-0.1, -0.05) is 24.9 Å². The summed E-state index contributed by atoms with van der Waals surface area (Å²) in [7, 11) is 0. The van der Waals surface area contributed by atoms with Crippen LogP contribution in [0.2, 0.25) is 4.34 Å². The SMILES string of the molecule is CCC[C@H](NC(=O)NCCc1ccc(Cl)s1)C(=O)O. The second kappa shape index (κ2) is 8.01. The van der Waals surface area contributed by atoms with Gasteiger partial charge in [-0.05, 0) is 25.0 Å². The Balaban J connectivity index is 2.28. The molecule has 1 atom stereocenters. The average Bonchev–Trinajstić information content (AvgIpc) is 2.74. The van der Waals surface area contributed by atoms with Crippen molar-refractivity contribution < 1.29 is 14.7 Å². The average molecular weight is 305 g/mol. The number of carboxylic acid groups (broad SMARTS) is 1. The van der Waals surface area contributed by atoms with Crippen molar-refractivity contribution in [3.63, 3.8) is 0 Å². The minimum absolute atomic E-state index is 0.420. The van der Waals surface area contributed by atoms with Crippen molar-refractivity contribution in [3.8, 4) is 0 Å². The number of rotatable bonds is 7. The molecular weight excluding hydrogens is 288 g/mol. The van der Waals surface area contributed by atoms with Crippen LogP contribution in [0.5, 0.6) is 0 Å². The molecule has 5 nitrogen and oxygen atoms in total. The van der Waals surface area contributed by atoms with Gasteiger partial charge < -0.3 is 15.7 Å². The predicted octanol–water partition coefficient (Wildman–Crippen LogP) is 2.50. The third-order valence-electron chi connectivity index (χ3n) is 2.47. The van der Waals surface area contributed by atoms with E-state index in [4.69, 9.17) is 16.7 Å². The summed E-state index contributed by atoms with van der Waals surface area (Å²) in [4.78, 5) is 23.5. The molecule has 0 aliphatic heterocycles. The van der Waals surface area contributed by atoms with Crippen molar-refractivity contribution in [1.82, 2.24) is 10.6 Å². The van der Waals surface area contributed by atoms with E-state index in [0.29, 0.717) is 30.1 Å². The van der Waals surface area contributed by atoms with E-state index in [1.54, 1.807) is 0 Å². The number of carbonyl (C=O) groups excluding carboxylic acids is 1. The fraction of sp³-hybridized carbons (Fsp3) is 0.500. The van der Waals surface area contributed by atoms with Gasteiger partial charge in [0.05, 0.1) is 4.34 Å². The molecule has 0 spiro atoms. The molecule has 0 fully saturated rings. The molecule has 1 heterocycles. The van der Waals surface area contributed by atoms with E-state index in [1.165, 1.54) is 11.3 Å². The van der Waals surface area contributed by atoms with E-state index >= 15 is 0 Å². The minimum Gasteiger partial charge on any atom is -0.480 e. The van der Waals surface area contributed by atoms with Gasteiger partial charge in [0, 0.05) is 11.4 Å². The third kappa shape index (κ3) is 5.94. The zero-order valence-corrected chi connectivity index (χ0v) is 12.2. The van der Waals surface area contributed by atoms with Gasteiger partial charge in [0.1, 0.15) is 6.04 Å². The number of nitrogens with one attached hydrogen (secondary N) is 2. The molecule has 0 aliphatic rings. The number of carboxylic acids is 1. The summed E-state index contributed by atoms with van der Waals surface area (Å²) in [5.41, 5.74) is 0. The quantitative estimate of drug-likeness (QED) is 0.724. The van der Waals surface area contributed by atoms with Crippen LogP contribution in [0.1, 0.15) is 24.6 Å². The Kier molecular flexibility index (Phi) is 6.66. The van der Waals surface area contributed by atoms with Crippen molar-refractivity contribution >= 4 is 34.9 Å². The second-order valence-electron chi connectivity index (χ2n) is 4.04. The van der Waals surface area contributed by atoms with Gasteiger partial charge >= 0.3 is 12.0 Å². The molecular formula is C12H17ClN2O3S. The molecule has 19 heavy (non-hydrogen) atoms. The highest BCUT2D eigenvalue weighted by molar-refractivity contribution is 7.16. The van der Waals surface area contributed by atoms with E-state index < -0.39 is 18.0 Å². The van der Waals surface area contributed by atoms with Crippen LogP contribution in [-0.4, -0.2) is 29.7 Å². The van der Waals surface area contributed by atoms with Crippen LogP contribution in [-0.2, 0) is 11.2 Å². The van der Waals surface area contributed by atoms with E-state index in [1.807, 2.05) is 19.1 Å². The van der Waals surface area contributed by atoms with Crippen molar-refractivity contribution in [2.75, 3.05) is 6.54 Å². The molecule has 0 bridgehead atoms. The van der Waals surface area contributed by atoms with Crippen LogP contribution < -0.4 is 10.6 Å². The lowest BCUT2D eigenvalue weighted by molar-refractivity contribution is -0.139. The molecule has 0 aromatic carbocycles. The van der Waals surface area contributed by atoms with Gasteiger partial charge in [0.15, 0.2) is 0 Å². The summed E-state index contributed by atoms with van der Waals surface area (Å²) in [5.74, 6) is -1.01. The molecule has 0 aliphatic carbocycles. The van der Waals surface area contributed by atoms with Gasteiger partial charge in [-0.2, -0.15) is 0 Å². The maximum atomic E-state index is 11.5. The van der Waals surface area contributed by atoms with Gasteiger partial charge in [-0.25, -0.2) is 9.59 Å². The van der Waals surface area contributed by atoms with Crippen LogP contribution in [0.4, 0.5) is 4.79 Å². The van der Waals surface area contributed by atoms with Gasteiger partial charge in [-0.15, -0.1) is 11.3 Å². The Hall–Kier alpha value is -1.27. The lowest BCUT2D eigenvalue weighted by Crippen LogP contribution is -2.46. The highest BCUT2D eigenvalue weighted by Gasteiger charge is 2.18. The normalized spacial score (nSPS) is 11.9. The van der Waals surface area contributed by atoms with Gasteiger partial charge in [0.25, 0.3) is 0 Å². The number of aliphatic carboxylic acids is 1. The number of hydrogen-bond acceptors (Lipinski definition) is 3. The first-order valence-corrected chi connectivity index (χ1v) is 7.23. The highest BCUT2D eigenvalue weighted by Crippen LogP contribution is 2.21. The van der Waals surface area contributed by atoms with Crippen molar-refractivity contribution in [2.24, 2.45) is 0 Å². The maximum Gasteiger partial charge on any atom is 0.326 e. The van der Waals surface area contributed by atoms with Crippen molar-refractivity contribution in [2.45, 2.75) is 32.2 Å². The van der Waals surface area contributed by atoms with E-state index in [2.05, 4.69) is 10.6 Å². The summed E-state index contributed by atoms with van der Waals surface area (Å²) < 4.78 is 0.716. The Morgan fingerprint density at radius 1 is 1.47 bits per heavy atom. The van der Waals surface area contributed by atoms with E-state index in [9.17, 15) is 9.59 Å². The molecule has 1 rings (SSSR count). The van der Waals surface area contributed by atoms with E-state index in [-0.39, 0.29) is 0 Å². The molecule has 1 aromatic rings. The van der Waals surface area contributed by atoms with Crippen LogP contribution >= 0.6 is 22.9 Å². The van der Waals surface area contributed by atoms with Crippen LogP contribution in [0.15, 0.2) is 12.1 Å². The molecule has 0 saturated heterocycles. The molecule has 1 aromatic heterocycles. The molecule has 0 saturated carbocycles. The smallest absolute Gasteiger partial charge is 0.326 e. The van der Waals surface area contributed by atoms with Crippen LogP contribution in [0.3, 0.4) is 0 Å². The Morgan fingerprint density at radius 2 is 2.21 bits per heavy atom. The lowest BCUT2D eigenvalue weighted by Gasteiger charge is -2.14. The first kappa shape index (κ1) is 15.8. The second-order valence-corrected chi connectivity index (χ2v) is 5.84. The Morgan fingerprint density at radius 3 is 2.74 bits per heavy atom. The zero-order chi connectivity index (χ0) is 14.3. The van der Waals surface area contributed by atoms with Crippen LogP contribution in [0.25, 0.3) is 0 Å². The Labute approximate surface area is 121 Å². The van der Waals surface area contributed by atoms with Crippen molar-refractivity contribution in [1.29, 1.82) is 0 Å². The third-order valence-corrected chi connectivity index (χ3v) is 3.76. The fourth-order valence-electron chi connectivity index (χ4n) is 1.54. The summed E-state index contributed by atoms with van der Waals surface area (Å²) in [5, 5.41) is 14.0. The number of halogens is 1. The fourth-order valence-corrected chi connectivity index (χ4v) is 2.63. The molecule has 0 unspecified atom stereocenters. The minimum atomic E-state index is -1.01. The zero-order valence-electron chi connectivity index (χ0n) is 10.6. The summed E-state index contributed by atoms with van der Waals surface area (Å²) in [6.45, 7) is 2.32. The largest absolute Gasteiger partial charge is 0.480 e. The van der Waals surface area contributed by atoms with Gasteiger partial charge in [-0.3, -0.25) is 0 Å². The summed E-state index contributed by atoms with van der Waals surface area (Å²) in [6, 6.07) is 2.43. The number of amides is 2. The van der Waals surface area contributed by atoms with Crippen LogP contribution in [0, 0.1) is 0 Å².